The van der Waals surface area contributed by atoms with E-state index < -0.39 is 0 Å². The van der Waals surface area contributed by atoms with Gasteiger partial charge in [0, 0.05) is 38.2 Å². The molecule has 4 rings (SSSR count). The first-order valence-corrected chi connectivity index (χ1v) is 9.69. The maximum atomic E-state index is 12.2. The molecule has 2 aromatic rings. The lowest BCUT2D eigenvalue weighted by atomic mass is 9.93. The van der Waals surface area contributed by atoms with Gasteiger partial charge >= 0.3 is 6.03 Å². The lowest BCUT2D eigenvalue weighted by molar-refractivity contribution is 0.230. The number of furan rings is 1. The number of benzene rings is 1. The number of aryl methyl sites for hydroxylation is 1. The predicted molar refractivity (Wildman–Crippen MR) is 101 cm³/mol. The van der Waals surface area contributed by atoms with Crippen LogP contribution in [0, 0.1) is 0 Å². The summed E-state index contributed by atoms with van der Waals surface area (Å²) in [5.41, 5.74) is 4.06. The monoisotopic (exact) mass is 353 g/mol. The SMILES string of the molecule is O=C(NCCCN1CCc2ccccc2C1)NC1CCCc2occc21. The molecule has 1 unspecified atom stereocenters. The number of nitrogens with one attached hydrogen (secondary N) is 2. The van der Waals surface area contributed by atoms with Crippen molar-refractivity contribution >= 4 is 6.03 Å². The van der Waals surface area contributed by atoms with Gasteiger partial charge in [-0.15, -0.1) is 0 Å². The fraction of sp³-hybridized carbons (Fsp3) is 0.476. The Hall–Kier alpha value is -2.27. The molecule has 2 heterocycles. The average molecular weight is 353 g/mol. The summed E-state index contributed by atoms with van der Waals surface area (Å²) in [6.45, 7) is 3.85. The molecule has 2 N–H and O–H groups in total. The van der Waals surface area contributed by atoms with Crippen LogP contribution in [0.2, 0.25) is 0 Å². The number of urea groups is 1. The Kier molecular flexibility index (Phi) is 5.25. The second kappa shape index (κ2) is 7.96. The van der Waals surface area contributed by atoms with Crippen LogP contribution in [-0.2, 0) is 19.4 Å². The summed E-state index contributed by atoms with van der Waals surface area (Å²) >= 11 is 0. The zero-order valence-corrected chi connectivity index (χ0v) is 15.2. The summed E-state index contributed by atoms with van der Waals surface area (Å²) in [4.78, 5) is 14.7. The fourth-order valence-corrected chi connectivity index (χ4v) is 4.10. The van der Waals surface area contributed by atoms with Crippen molar-refractivity contribution in [3.8, 4) is 0 Å². The molecule has 26 heavy (non-hydrogen) atoms. The summed E-state index contributed by atoms with van der Waals surface area (Å²) < 4.78 is 5.48. The number of carbonyl (C=O) groups excluding carboxylic acids is 1. The first kappa shape index (κ1) is 17.2. The minimum absolute atomic E-state index is 0.0759. The number of nitrogens with zero attached hydrogens (tertiary/aromatic N) is 1. The van der Waals surface area contributed by atoms with Crippen molar-refractivity contribution in [1.29, 1.82) is 0 Å². The summed E-state index contributed by atoms with van der Waals surface area (Å²) in [7, 11) is 0. The Morgan fingerprint density at radius 3 is 3.00 bits per heavy atom. The van der Waals surface area contributed by atoms with Crippen molar-refractivity contribution in [1.82, 2.24) is 15.5 Å². The molecular formula is C21H27N3O2. The van der Waals surface area contributed by atoms with E-state index in [2.05, 4.69) is 39.8 Å². The van der Waals surface area contributed by atoms with Gasteiger partial charge in [-0.3, -0.25) is 4.90 Å². The van der Waals surface area contributed by atoms with Crippen molar-refractivity contribution in [3.63, 3.8) is 0 Å². The van der Waals surface area contributed by atoms with E-state index in [1.165, 1.54) is 11.1 Å². The number of hydrogen-bond donors (Lipinski definition) is 2. The number of amides is 2. The van der Waals surface area contributed by atoms with Crippen LogP contribution in [0.15, 0.2) is 41.0 Å². The normalized spacial score (nSPS) is 19.5. The Morgan fingerprint density at radius 1 is 1.19 bits per heavy atom. The molecule has 0 bridgehead atoms. The first-order valence-electron chi connectivity index (χ1n) is 9.69. The molecule has 0 saturated heterocycles. The van der Waals surface area contributed by atoms with E-state index in [9.17, 15) is 4.79 Å². The predicted octanol–water partition coefficient (Wildman–Crippen LogP) is 3.40. The van der Waals surface area contributed by atoms with Gasteiger partial charge in [0.1, 0.15) is 5.76 Å². The van der Waals surface area contributed by atoms with Crippen molar-refractivity contribution in [2.45, 2.75) is 44.7 Å². The Labute approximate surface area is 154 Å². The van der Waals surface area contributed by atoms with Crippen LogP contribution in [0.25, 0.3) is 0 Å². The van der Waals surface area contributed by atoms with Gasteiger partial charge in [0.2, 0.25) is 0 Å². The Balaban J connectivity index is 1.17. The largest absolute Gasteiger partial charge is 0.469 e. The minimum Gasteiger partial charge on any atom is -0.469 e. The topological polar surface area (TPSA) is 57.5 Å². The second-order valence-electron chi connectivity index (χ2n) is 7.29. The highest BCUT2D eigenvalue weighted by atomic mass is 16.3. The maximum Gasteiger partial charge on any atom is 0.315 e. The zero-order chi connectivity index (χ0) is 17.8. The van der Waals surface area contributed by atoms with Gasteiger partial charge in [0.25, 0.3) is 0 Å². The lowest BCUT2D eigenvalue weighted by Gasteiger charge is -2.28. The molecule has 138 valence electrons. The smallest absolute Gasteiger partial charge is 0.315 e. The third-order valence-corrected chi connectivity index (χ3v) is 5.50. The van der Waals surface area contributed by atoms with Crippen LogP contribution in [0.4, 0.5) is 4.79 Å². The van der Waals surface area contributed by atoms with E-state index >= 15 is 0 Å². The van der Waals surface area contributed by atoms with Crippen molar-refractivity contribution in [2.24, 2.45) is 0 Å². The molecule has 2 aliphatic rings. The highest BCUT2D eigenvalue weighted by molar-refractivity contribution is 5.74. The van der Waals surface area contributed by atoms with E-state index in [-0.39, 0.29) is 12.1 Å². The number of hydrogen-bond acceptors (Lipinski definition) is 3. The van der Waals surface area contributed by atoms with Gasteiger partial charge in [-0.05, 0) is 42.9 Å². The van der Waals surface area contributed by atoms with Gasteiger partial charge in [0.05, 0.1) is 12.3 Å². The van der Waals surface area contributed by atoms with E-state index in [1.807, 2.05) is 6.07 Å². The van der Waals surface area contributed by atoms with Gasteiger partial charge in [-0.1, -0.05) is 24.3 Å². The first-order chi connectivity index (χ1) is 12.8. The third-order valence-electron chi connectivity index (χ3n) is 5.50. The summed E-state index contributed by atoms with van der Waals surface area (Å²) in [6.07, 6.45) is 6.82. The molecule has 0 radical (unpaired) electrons. The zero-order valence-electron chi connectivity index (χ0n) is 15.2. The molecule has 0 spiro atoms. The van der Waals surface area contributed by atoms with Crippen LogP contribution in [0.5, 0.6) is 0 Å². The summed E-state index contributed by atoms with van der Waals surface area (Å²) in [6, 6.07) is 10.7. The van der Waals surface area contributed by atoms with Gasteiger partial charge < -0.3 is 15.1 Å². The fourth-order valence-electron chi connectivity index (χ4n) is 4.10. The molecule has 1 atom stereocenters. The van der Waals surface area contributed by atoms with Crippen molar-refractivity contribution in [2.75, 3.05) is 19.6 Å². The lowest BCUT2D eigenvalue weighted by Crippen LogP contribution is -2.40. The Bertz CT molecular complexity index is 755. The highest BCUT2D eigenvalue weighted by Crippen LogP contribution is 2.30. The van der Waals surface area contributed by atoms with Crippen LogP contribution in [0.1, 0.15) is 47.8 Å². The molecule has 5 heteroatoms. The average Bonchev–Trinajstić information content (AvgIpc) is 3.15. The summed E-state index contributed by atoms with van der Waals surface area (Å²) in [5, 5.41) is 6.09. The molecule has 1 aliphatic heterocycles. The number of rotatable bonds is 5. The second-order valence-corrected chi connectivity index (χ2v) is 7.29. The molecule has 0 fully saturated rings. The van der Waals surface area contributed by atoms with Crippen molar-refractivity contribution < 1.29 is 9.21 Å². The molecule has 1 aliphatic carbocycles. The minimum atomic E-state index is -0.0759. The standard InChI is InChI=1S/C21H27N3O2/c25-21(23-19-7-3-8-20-18(19)10-14-26-20)22-11-4-12-24-13-9-16-5-1-2-6-17(16)15-24/h1-2,5-6,10,14,19H,3-4,7-9,11-13,15H2,(H2,22,23,25). The summed E-state index contributed by atoms with van der Waals surface area (Å²) in [5.74, 6) is 1.02. The molecule has 0 saturated carbocycles. The molecular weight excluding hydrogens is 326 g/mol. The van der Waals surface area contributed by atoms with Crippen LogP contribution < -0.4 is 10.6 Å². The van der Waals surface area contributed by atoms with E-state index in [0.717, 1.165) is 63.1 Å². The van der Waals surface area contributed by atoms with E-state index in [0.29, 0.717) is 6.54 Å². The maximum absolute atomic E-state index is 12.2. The van der Waals surface area contributed by atoms with Crippen LogP contribution >= 0.6 is 0 Å². The molecule has 1 aromatic heterocycles. The number of fused-ring (bicyclic) bond motifs is 2. The van der Waals surface area contributed by atoms with Crippen molar-refractivity contribution in [3.05, 3.63) is 59.0 Å². The van der Waals surface area contributed by atoms with Crippen LogP contribution in [-0.4, -0.2) is 30.6 Å². The van der Waals surface area contributed by atoms with E-state index in [4.69, 9.17) is 4.42 Å². The highest BCUT2D eigenvalue weighted by Gasteiger charge is 2.23. The van der Waals surface area contributed by atoms with Crippen LogP contribution in [0.3, 0.4) is 0 Å². The molecule has 5 nitrogen and oxygen atoms in total. The quantitative estimate of drug-likeness (QED) is 0.810. The molecule has 2 amide bonds. The van der Waals surface area contributed by atoms with Gasteiger partial charge in [0.15, 0.2) is 0 Å². The molecule has 1 aromatic carbocycles. The van der Waals surface area contributed by atoms with Gasteiger partial charge in [-0.2, -0.15) is 0 Å². The number of carbonyl (C=O) groups is 1. The van der Waals surface area contributed by atoms with E-state index in [1.54, 1.807) is 6.26 Å². The third kappa shape index (κ3) is 3.93. The van der Waals surface area contributed by atoms with Gasteiger partial charge in [-0.25, -0.2) is 4.79 Å². The Morgan fingerprint density at radius 2 is 2.08 bits per heavy atom.